The van der Waals surface area contributed by atoms with Gasteiger partial charge in [0.25, 0.3) is 5.91 Å². The van der Waals surface area contributed by atoms with Crippen molar-refractivity contribution >= 4 is 21.8 Å². The Hall–Kier alpha value is -1.14. The summed E-state index contributed by atoms with van der Waals surface area (Å²) in [5.74, 6) is 0.575. The number of rotatable bonds is 5. The standard InChI is InChI=1S/C15H21BrN2O3/c1-8(2)17-13(20)7-21-15-9(3)11-4-10(6-19)5-12(11)14(16)18-15/h8,10,19H,4-7H2,1-3H3,(H,17,20). The fourth-order valence-electron chi connectivity index (χ4n) is 2.62. The van der Waals surface area contributed by atoms with Crippen molar-refractivity contribution in [2.75, 3.05) is 13.2 Å². The third-order valence-electron chi connectivity index (χ3n) is 3.62. The third-order valence-corrected chi connectivity index (χ3v) is 4.28. The van der Waals surface area contributed by atoms with Gasteiger partial charge in [-0.15, -0.1) is 0 Å². The lowest BCUT2D eigenvalue weighted by Gasteiger charge is -2.13. The predicted molar refractivity (Wildman–Crippen MR) is 83.4 cm³/mol. The number of aliphatic hydroxyl groups excluding tert-OH is 1. The number of aromatic nitrogens is 1. The number of carbonyl (C=O) groups is 1. The molecule has 116 valence electrons. The van der Waals surface area contributed by atoms with Crippen molar-refractivity contribution in [3.63, 3.8) is 0 Å². The van der Waals surface area contributed by atoms with Crippen LogP contribution in [0.15, 0.2) is 4.60 Å². The molecule has 0 saturated carbocycles. The van der Waals surface area contributed by atoms with E-state index in [1.807, 2.05) is 20.8 Å². The van der Waals surface area contributed by atoms with Crippen LogP contribution < -0.4 is 10.1 Å². The third kappa shape index (κ3) is 3.74. The Balaban J connectivity index is 2.12. The predicted octanol–water partition coefficient (Wildman–Crippen LogP) is 1.76. The molecule has 2 N–H and O–H groups in total. The molecular formula is C15H21BrN2O3. The number of amides is 1. The zero-order valence-corrected chi connectivity index (χ0v) is 14.2. The molecule has 6 heteroatoms. The van der Waals surface area contributed by atoms with Crippen LogP contribution in [0.25, 0.3) is 0 Å². The van der Waals surface area contributed by atoms with Gasteiger partial charge in [-0.1, -0.05) is 0 Å². The molecule has 1 aliphatic rings. The van der Waals surface area contributed by atoms with Gasteiger partial charge in [-0.2, -0.15) is 0 Å². The molecule has 0 saturated heterocycles. The number of nitrogens with zero attached hydrogens (tertiary/aromatic N) is 1. The smallest absolute Gasteiger partial charge is 0.258 e. The average Bonchev–Trinajstić information content (AvgIpc) is 2.85. The van der Waals surface area contributed by atoms with Crippen molar-refractivity contribution in [3.8, 4) is 5.88 Å². The molecule has 0 radical (unpaired) electrons. The Bertz CT molecular complexity index is 546. The molecule has 1 aromatic heterocycles. The lowest BCUT2D eigenvalue weighted by atomic mass is 10.1. The van der Waals surface area contributed by atoms with Gasteiger partial charge < -0.3 is 15.2 Å². The normalized spacial score (nSPS) is 17.0. The number of hydrogen-bond acceptors (Lipinski definition) is 4. The fraction of sp³-hybridized carbons (Fsp3) is 0.600. The average molecular weight is 357 g/mol. The Labute approximate surface area is 133 Å². The molecule has 2 rings (SSSR count). The van der Waals surface area contributed by atoms with E-state index in [-0.39, 0.29) is 31.1 Å². The Morgan fingerprint density at radius 1 is 1.48 bits per heavy atom. The molecule has 0 fully saturated rings. The highest BCUT2D eigenvalue weighted by Gasteiger charge is 2.27. The number of halogens is 1. The van der Waals surface area contributed by atoms with E-state index in [1.165, 1.54) is 5.56 Å². The Kier molecular flexibility index (Phi) is 5.22. The van der Waals surface area contributed by atoms with E-state index in [4.69, 9.17) is 4.74 Å². The molecule has 0 aliphatic heterocycles. The topological polar surface area (TPSA) is 71.5 Å². The van der Waals surface area contributed by atoms with Crippen LogP contribution in [0.1, 0.15) is 30.5 Å². The van der Waals surface area contributed by atoms with Crippen LogP contribution >= 0.6 is 15.9 Å². The molecule has 1 amide bonds. The molecule has 1 atom stereocenters. The van der Waals surface area contributed by atoms with E-state index in [0.29, 0.717) is 5.88 Å². The summed E-state index contributed by atoms with van der Waals surface area (Å²) < 4.78 is 6.31. The molecule has 0 spiro atoms. The first kappa shape index (κ1) is 16.2. The van der Waals surface area contributed by atoms with Gasteiger partial charge in [-0.05, 0) is 66.6 Å². The van der Waals surface area contributed by atoms with Crippen molar-refractivity contribution in [2.24, 2.45) is 5.92 Å². The summed E-state index contributed by atoms with van der Waals surface area (Å²) >= 11 is 3.46. The minimum atomic E-state index is -0.156. The number of aliphatic hydroxyl groups is 1. The number of nitrogens with one attached hydrogen (secondary N) is 1. The number of ether oxygens (including phenoxy) is 1. The number of pyridine rings is 1. The van der Waals surface area contributed by atoms with E-state index in [1.54, 1.807) is 0 Å². The summed E-state index contributed by atoms with van der Waals surface area (Å²) in [7, 11) is 0. The van der Waals surface area contributed by atoms with Gasteiger partial charge in [0.15, 0.2) is 6.61 Å². The van der Waals surface area contributed by atoms with Crippen LogP contribution in [0.4, 0.5) is 0 Å². The molecular weight excluding hydrogens is 336 g/mol. The van der Waals surface area contributed by atoms with E-state index in [2.05, 4.69) is 26.2 Å². The first-order valence-corrected chi connectivity index (χ1v) is 7.92. The van der Waals surface area contributed by atoms with Gasteiger partial charge in [0.1, 0.15) is 4.60 Å². The first-order valence-electron chi connectivity index (χ1n) is 7.13. The molecule has 21 heavy (non-hydrogen) atoms. The molecule has 1 heterocycles. The highest BCUT2D eigenvalue weighted by Crippen LogP contribution is 2.36. The van der Waals surface area contributed by atoms with Crippen molar-refractivity contribution in [3.05, 3.63) is 21.3 Å². The zero-order valence-electron chi connectivity index (χ0n) is 12.6. The first-order chi connectivity index (χ1) is 9.92. The molecule has 0 bridgehead atoms. The van der Waals surface area contributed by atoms with Crippen LogP contribution in [0, 0.1) is 12.8 Å². The lowest BCUT2D eigenvalue weighted by molar-refractivity contribution is -0.123. The second kappa shape index (κ2) is 6.75. The summed E-state index contributed by atoms with van der Waals surface area (Å²) in [5, 5.41) is 12.1. The van der Waals surface area contributed by atoms with Gasteiger partial charge in [-0.3, -0.25) is 4.79 Å². The maximum Gasteiger partial charge on any atom is 0.258 e. The quantitative estimate of drug-likeness (QED) is 0.788. The minimum absolute atomic E-state index is 0.0410. The highest BCUT2D eigenvalue weighted by molar-refractivity contribution is 9.10. The largest absolute Gasteiger partial charge is 0.467 e. The van der Waals surface area contributed by atoms with Gasteiger partial charge in [-0.25, -0.2) is 4.98 Å². The summed E-state index contributed by atoms with van der Waals surface area (Å²) in [6.45, 7) is 5.90. The molecule has 1 aliphatic carbocycles. The Morgan fingerprint density at radius 2 is 2.14 bits per heavy atom. The van der Waals surface area contributed by atoms with Crippen LogP contribution in [-0.2, 0) is 17.6 Å². The van der Waals surface area contributed by atoms with Crippen LogP contribution in [0.3, 0.4) is 0 Å². The second-order valence-electron chi connectivity index (χ2n) is 5.76. The van der Waals surface area contributed by atoms with E-state index < -0.39 is 0 Å². The van der Waals surface area contributed by atoms with Crippen LogP contribution in [0.5, 0.6) is 5.88 Å². The lowest BCUT2D eigenvalue weighted by Crippen LogP contribution is -2.34. The van der Waals surface area contributed by atoms with Gasteiger partial charge in [0, 0.05) is 18.2 Å². The fourth-order valence-corrected chi connectivity index (χ4v) is 3.18. The van der Waals surface area contributed by atoms with E-state index >= 15 is 0 Å². The molecule has 0 aromatic carbocycles. The summed E-state index contributed by atoms with van der Waals surface area (Å²) in [6.07, 6.45) is 1.65. The summed E-state index contributed by atoms with van der Waals surface area (Å²) in [4.78, 5) is 16.0. The number of carbonyl (C=O) groups excluding carboxylic acids is 1. The van der Waals surface area contributed by atoms with Crippen LogP contribution in [0.2, 0.25) is 0 Å². The van der Waals surface area contributed by atoms with Crippen LogP contribution in [-0.4, -0.2) is 35.3 Å². The maximum atomic E-state index is 11.6. The highest BCUT2D eigenvalue weighted by atomic mass is 79.9. The van der Waals surface area contributed by atoms with Crippen molar-refractivity contribution in [1.29, 1.82) is 0 Å². The van der Waals surface area contributed by atoms with Crippen molar-refractivity contribution in [2.45, 2.75) is 39.7 Å². The molecule has 5 nitrogen and oxygen atoms in total. The summed E-state index contributed by atoms with van der Waals surface area (Å²) in [6, 6.07) is 0.0900. The van der Waals surface area contributed by atoms with Crippen molar-refractivity contribution < 1.29 is 14.6 Å². The second-order valence-corrected chi connectivity index (χ2v) is 6.51. The Morgan fingerprint density at radius 3 is 2.76 bits per heavy atom. The number of hydrogen-bond donors (Lipinski definition) is 2. The van der Waals surface area contributed by atoms with E-state index in [0.717, 1.165) is 28.6 Å². The monoisotopic (exact) mass is 356 g/mol. The van der Waals surface area contributed by atoms with Gasteiger partial charge in [0.2, 0.25) is 5.88 Å². The van der Waals surface area contributed by atoms with Gasteiger partial charge >= 0.3 is 0 Å². The SMILES string of the molecule is Cc1c(OCC(=O)NC(C)C)nc(Br)c2c1CC(CO)C2. The van der Waals surface area contributed by atoms with Gasteiger partial charge in [0.05, 0.1) is 0 Å². The molecule has 1 aromatic rings. The molecule has 1 unspecified atom stereocenters. The maximum absolute atomic E-state index is 11.6. The zero-order chi connectivity index (χ0) is 15.6. The number of fused-ring (bicyclic) bond motifs is 1. The summed E-state index contributed by atoms with van der Waals surface area (Å²) in [5.41, 5.74) is 3.28. The van der Waals surface area contributed by atoms with E-state index in [9.17, 15) is 9.90 Å². The van der Waals surface area contributed by atoms with Crippen molar-refractivity contribution in [1.82, 2.24) is 10.3 Å². The minimum Gasteiger partial charge on any atom is -0.467 e.